The van der Waals surface area contributed by atoms with E-state index < -0.39 is 0 Å². The van der Waals surface area contributed by atoms with Gasteiger partial charge >= 0.3 is 0 Å². The fourth-order valence-corrected chi connectivity index (χ4v) is 8.22. The van der Waals surface area contributed by atoms with Crippen molar-refractivity contribution < 1.29 is 0 Å². The Morgan fingerprint density at radius 2 is 1.00 bits per heavy atom. The lowest BCUT2D eigenvalue weighted by Crippen LogP contribution is -2.03. The lowest BCUT2D eigenvalue weighted by atomic mass is 10.1. The second kappa shape index (κ2) is 11.7. The molecule has 6 heteroatoms. The van der Waals surface area contributed by atoms with Gasteiger partial charge in [-0.05, 0) is 35.7 Å². The molecule has 0 radical (unpaired) electrons. The Morgan fingerprint density at radius 3 is 1.45 bits per heavy atom. The number of fused-ring (bicyclic) bond motifs is 10. The standard InChI is InChI=1S/C32H40N4S2/c1-3-5-7-9-11-13-19-35-23-15-21-37-31(23)25-27-28(34-18-17-33-27)26-30(29(25)35)36(24-16-22-38-32(24)26)20-14-12-10-8-6-4-2/h15-18,21-22H,3-14,19-20H2,1-2H3. The van der Waals surface area contributed by atoms with Crippen LogP contribution < -0.4 is 0 Å². The van der Waals surface area contributed by atoms with Crippen LogP contribution in [0.3, 0.4) is 0 Å². The summed E-state index contributed by atoms with van der Waals surface area (Å²) in [7, 11) is 0. The molecule has 0 aliphatic rings. The molecule has 0 saturated heterocycles. The highest BCUT2D eigenvalue weighted by Crippen LogP contribution is 2.46. The molecule has 38 heavy (non-hydrogen) atoms. The second-order valence-corrected chi connectivity index (χ2v) is 12.6. The second-order valence-electron chi connectivity index (χ2n) is 10.8. The molecule has 6 aromatic rings. The first kappa shape index (κ1) is 25.8. The first-order valence-electron chi connectivity index (χ1n) is 14.9. The van der Waals surface area contributed by atoms with E-state index in [0.29, 0.717) is 0 Å². The maximum atomic E-state index is 4.96. The predicted molar refractivity (Wildman–Crippen MR) is 168 cm³/mol. The lowest BCUT2D eigenvalue weighted by molar-refractivity contribution is 0.567. The average Bonchev–Trinajstić information content (AvgIpc) is 3.70. The Labute approximate surface area is 233 Å². The number of thiophene rings is 2. The summed E-state index contributed by atoms with van der Waals surface area (Å²) in [6.07, 6.45) is 19.5. The fourth-order valence-electron chi connectivity index (χ4n) is 6.33. The van der Waals surface area contributed by atoms with Crippen molar-refractivity contribution in [1.29, 1.82) is 0 Å². The van der Waals surface area contributed by atoms with Crippen LogP contribution in [0.15, 0.2) is 35.3 Å². The normalized spacial score (nSPS) is 12.4. The zero-order valence-corrected chi connectivity index (χ0v) is 24.6. The van der Waals surface area contributed by atoms with Crippen molar-refractivity contribution >= 4 is 75.9 Å². The smallest absolute Gasteiger partial charge is 0.100 e. The summed E-state index contributed by atoms with van der Waals surface area (Å²) >= 11 is 3.72. The average molecular weight is 545 g/mol. The van der Waals surface area contributed by atoms with Crippen LogP contribution in [-0.2, 0) is 13.1 Å². The molecule has 0 N–H and O–H groups in total. The van der Waals surface area contributed by atoms with Crippen LogP contribution in [-0.4, -0.2) is 19.1 Å². The van der Waals surface area contributed by atoms with Crippen molar-refractivity contribution in [2.24, 2.45) is 0 Å². The van der Waals surface area contributed by atoms with Crippen molar-refractivity contribution in [2.45, 2.75) is 104 Å². The minimum atomic E-state index is 1.07. The van der Waals surface area contributed by atoms with Gasteiger partial charge in [0.25, 0.3) is 0 Å². The highest BCUT2D eigenvalue weighted by Gasteiger charge is 2.25. The Morgan fingerprint density at radius 1 is 0.579 bits per heavy atom. The van der Waals surface area contributed by atoms with Crippen LogP contribution in [0.1, 0.15) is 90.9 Å². The number of benzene rings is 1. The zero-order chi connectivity index (χ0) is 25.9. The van der Waals surface area contributed by atoms with Crippen molar-refractivity contribution in [1.82, 2.24) is 19.1 Å². The van der Waals surface area contributed by atoms with E-state index in [2.05, 4.69) is 45.9 Å². The fraction of sp³-hybridized carbons (Fsp3) is 0.500. The van der Waals surface area contributed by atoms with Gasteiger partial charge in [-0.3, -0.25) is 9.97 Å². The lowest BCUT2D eigenvalue weighted by Gasteiger charge is -2.13. The number of hydrogen-bond acceptors (Lipinski definition) is 4. The molecule has 5 aromatic heterocycles. The molecular formula is C32H40N4S2. The van der Waals surface area contributed by atoms with Crippen molar-refractivity contribution in [3.05, 3.63) is 35.3 Å². The summed E-state index contributed by atoms with van der Waals surface area (Å²) in [6.45, 7) is 6.73. The highest BCUT2D eigenvalue weighted by atomic mass is 32.1. The SMILES string of the molecule is CCCCCCCCn1c2ccsc2c2c3nccnc3c3c4sccc4n(CCCCCCCC)c3c21. The van der Waals surface area contributed by atoms with Crippen molar-refractivity contribution in [3.63, 3.8) is 0 Å². The molecule has 0 saturated carbocycles. The minimum absolute atomic E-state index is 1.07. The number of aromatic nitrogens is 4. The van der Waals surface area contributed by atoms with Gasteiger partial charge in [0.1, 0.15) is 11.0 Å². The molecule has 1 aromatic carbocycles. The maximum absolute atomic E-state index is 4.96. The number of unbranched alkanes of at least 4 members (excludes halogenated alkanes) is 10. The Balaban J connectivity index is 1.51. The number of hydrogen-bond donors (Lipinski definition) is 0. The molecule has 4 nitrogen and oxygen atoms in total. The molecule has 0 amide bonds. The predicted octanol–water partition coefficient (Wildman–Crippen LogP) is 10.7. The van der Waals surface area contributed by atoms with E-state index in [1.165, 1.54) is 119 Å². The molecule has 5 heterocycles. The van der Waals surface area contributed by atoms with E-state index in [0.717, 1.165) is 24.1 Å². The van der Waals surface area contributed by atoms with Crippen LogP contribution in [0.4, 0.5) is 0 Å². The van der Waals surface area contributed by atoms with Crippen LogP contribution in [0.25, 0.3) is 53.3 Å². The molecule has 0 bridgehead atoms. The summed E-state index contributed by atoms with van der Waals surface area (Å²) in [5.74, 6) is 0. The summed E-state index contributed by atoms with van der Waals surface area (Å²) in [4.78, 5) is 9.93. The monoisotopic (exact) mass is 544 g/mol. The minimum Gasteiger partial charge on any atom is -0.338 e. The molecule has 6 rings (SSSR count). The summed E-state index contributed by atoms with van der Waals surface area (Å²) in [6, 6.07) is 4.66. The van der Waals surface area contributed by atoms with E-state index in [1.54, 1.807) is 0 Å². The summed E-state index contributed by atoms with van der Waals surface area (Å²) in [5.41, 5.74) is 7.64. The molecular weight excluding hydrogens is 505 g/mol. The third-order valence-electron chi connectivity index (χ3n) is 8.20. The zero-order valence-electron chi connectivity index (χ0n) is 23.0. The molecule has 0 spiro atoms. The van der Waals surface area contributed by atoms with Crippen LogP contribution in [0.5, 0.6) is 0 Å². The van der Waals surface area contributed by atoms with Crippen molar-refractivity contribution in [3.8, 4) is 0 Å². The third-order valence-corrected chi connectivity index (χ3v) is 10.0. The van der Waals surface area contributed by atoms with Gasteiger partial charge < -0.3 is 9.13 Å². The van der Waals surface area contributed by atoms with Gasteiger partial charge in [0.05, 0.1) is 31.5 Å². The van der Waals surface area contributed by atoms with E-state index in [1.807, 2.05) is 35.1 Å². The number of nitrogens with zero attached hydrogens (tertiary/aromatic N) is 4. The number of aryl methyl sites for hydroxylation is 2. The molecule has 200 valence electrons. The molecule has 0 unspecified atom stereocenters. The van der Waals surface area contributed by atoms with E-state index >= 15 is 0 Å². The van der Waals surface area contributed by atoms with Crippen LogP contribution in [0.2, 0.25) is 0 Å². The maximum Gasteiger partial charge on any atom is 0.100 e. The first-order valence-corrected chi connectivity index (χ1v) is 16.6. The van der Waals surface area contributed by atoms with Gasteiger partial charge in [-0.2, -0.15) is 0 Å². The van der Waals surface area contributed by atoms with Gasteiger partial charge in [-0.25, -0.2) is 0 Å². The molecule has 0 aliphatic carbocycles. The summed E-state index contributed by atoms with van der Waals surface area (Å²) in [5, 5.41) is 7.13. The summed E-state index contributed by atoms with van der Waals surface area (Å²) < 4.78 is 8.01. The van der Waals surface area contributed by atoms with Gasteiger partial charge in [-0.15, -0.1) is 22.7 Å². The van der Waals surface area contributed by atoms with Gasteiger partial charge in [0.2, 0.25) is 0 Å². The van der Waals surface area contributed by atoms with Gasteiger partial charge in [0.15, 0.2) is 0 Å². The van der Waals surface area contributed by atoms with E-state index in [9.17, 15) is 0 Å². The van der Waals surface area contributed by atoms with E-state index in [-0.39, 0.29) is 0 Å². The molecule has 0 aliphatic heterocycles. The Kier molecular flexibility index (Phi) is 7.98. The van der Waals surface area contributed by atoms with E-state index in [4.69, 9.17) is 9.97 Å². The Hall–Kier alpha value is -2.44. The topological polar surface area (TPSA) is 35.6 Å². The quantitative estimate of drug-likeness (QED) is 0.128. The van der Waals surface area contributed by atoms with Crippen molar-refractivity contribution in [2.75, 3.05) is 0 Å². The molecule has 0 atom stereocenters. The number of rotatable bonds is 14. The van der Waals surface area contributed by atoms with Gasteiger partial charge in [-0.1, -0.05) is 78.1 Å². The first-order chi connectivity index (χ1) is 18.8. The molecule has 0 fully saturated rings. The van der Waals surface area contributed by atoms with Crippen LogP contribution in [0, 0.1) is 0 Å². The Bertz CT molecular complexity index is 1540. The van der Waals surface area contributed by atoms with Gasteiger partial charge in [0, 0.05) is 36.3 Å². The highest BCUT2D eigenvalue weighted by molar-refractivity contribution is 7.19. The third kappa shape index (κ3) is 4.54. The van der Waals surface area contributed by atoms with Crippen LogP contribution >= 0.6 is 22.7 Å². The largest absolute Gasteiger partial charge is 0.338 e.